The van der Waals surface area contributed by atoms with Crippen LogP contribution in [0.25, 0.3) is 0 Å². The van der Waals surface area contributed by atoms with Crippen LogP contribution >= 0.6 is 0 Å². The lowest BCUT2D eigenvalue weighted by Gasteiger charge is -2.11. The minimum absolute atomic E-state index is 0.0203. The van der Waals surface area contributed by atoms with E-state index in [1.807, 2.05) is 0 Å². The Kier molecular flexibility index (Phi) is 1.79. The number of carboxylic acids is 1. The van der Waals surface area contributed by atoms with E-state index in [4.69, 9.17) is 5.11 Å². The highest BCUT2D eigenvalue weighted by atomic mass is 16.4. The Hall–Kier alpha value is -1.38. The van der Waals surface area contributed by atoms with Crippen molar-refractivity contribution in [3.63, 3.8) is 0 Å². The van der Waals surface area contributed by atoms with E-state index < -0.39 is 11.9 Å². The zero-order chi connectivity index (χ0) is 9.42. The third kappa shape index (κ3) is 1.30. The van der Waals surface area contributed by atoms with Crippen LogP contribution in [0.3, 0.4) is 0 Å². The minimum Gasteiger partial charge on any atom is -0.481 e. The molecule has 3 heteroatoms. The largest absolute Gasteiger partial charge is 0.481 e. The lowest BCUT2D eigenvalue weighted by Crippen LogP contribution is -2.15. The van der Waals surface area contributed by atoms with Crippen molar-refractivity contribution in [3.05, 3.63) is 23.3 Å². The number of rotatable bonds is 1. The molecule has 0 aromatic carbocycles. The van der Waals surface area contributed by atoms with E-state index in [1.165, 1.54) is 0 Å². The van der Waals surface area contributed by atoms with Crippen LogP contribution in [0, 0.1) is 5.92 Å². The quantitative estimate of drug-likeness (QED) is 0.658. The maximum atomic E-state index is 11.1. The topological polar surface area (TPSA) is 54.4 Å². The monoisotopic (exact) mass is 178 g/mol. The summed E-state index contributed by atoms with van der Waals surface area (Å²) in [6, 6.07) is 0. The summed E-state index contributed by atoms with van der Waals surface area (Å²) in [5.41, 5.74) is 1.90. The highest BCUT2D eigenvalue weighted by molar-refractivity contribution is 5.95. The molecule has 0 fully saturated rings. The molecule has 1 N–H and O–H groups in total. The first-order chi connectivity index (χ1) is 6.18. The third-order valence-corrected chi connectivity index (χ3v) is 2.67. The Labute approximate surface area is 75.8 Å². The van der Waals surface area contributed by atoms with E-state index >= 15 is 0 Å². The number of carbonyl (C=O) groups excluding carboxylic acids is 1. The van der Waals surface area contributed by atoms with Crippen LogP contribution in [-0.2, 0) is 9.59 Å². The molecule has 0 saturated carbocycles. The fraction of sp³-hybridized carbons (Fsp3) is 0.400. The first-order valence-electron chi connectivity index (χ1n) is 4.34. The maximum absolute atomic E-state index is 11.1. The van der Waals surface area contributed by atoms with Gasteiger partial charge in [0, 0.05) is 6.42 Å². The van der Waals surface area contributed by atoms with Gasteiger partial charge in [0.15, 0.2) is 5.78 Å². The molecule has 2 aliphatic rings. The standard InChI is InChI=1S/C10H10O3/c11-7-3-1-6-2-4-8(10(12)13)9(6)5-7/h1,3,8H,2,4-5H2,(H,12,13). The van der Waals surface area contributed by atoms with E-state index in [0.29, 0.717) is 12.8 Å². The number of carbonyl (C=O) groups is 2. The second kappa shape index (κ2) is 2.83. The molecule has 0 aromatic heterocycles. The molecule has 0 radical (unpaired) electrons. The van der Waals surface area contributed by atoms with E-state index in [-0.39, 0.29) is 5.78 Å². The van der Waals surface area contributed by atoms with E-state index in [0.717, 1.165) is 17.6 Å². The molecule has 1 unspecified atom stereocenters. The predicted molar refractivity (Wildman–Crippen MR) is 46.1 cm³/mol. The van der Waals surface area contributed by atoms with Crippen molar-refractivity contribution in [1.29, 1.82) is 0 Å². The van der Waals surface area contributed by atoms with Crippen LogP contribution < -0.4 is 0 Å². The summed E-state index contributed by atoms with van der Waals surface area (Å²) in [6.45, 7) is 0. The number of ketones is 1. The van der Waals surface area contributed by atoms with Gasteiger partial charge in [-0.2, -0.15) is 0 Å². The van der Waals surface area contributed by atoms with Gasteiger partial charge in [-0.15, -0.1) is 0 Å². The molecular weight excluding hydrogens is 168 g/mol. The Morgan fingerprint density at radius 2 is 2.23 bits per heavy atom. The second-order valence-electron chi connectivity index (χ2n) is 3.46. The zero-order valence-corrected chi connectivity index (χ0v) is 7.12. The SMILES string of the molecule is O=C1C=CC2=C(C1)C(C(=O)O)CC2. The van der Waals surface area contributed by atoms with Crippen LogP contribution in [0.15, 0.2) is 23.3 Å². The van der Waals surface area contributed by atoms with Crippen LogP contribution in [0.2, 0.25) is 0 Å². The molecule has 2 aliphatic carbocycles. The summed E-state index contributed by atoms with van der Waals surface area (Å²) in [5.74, 6) is -1.19. The molecule has 0 heterocycles. The summed E-state index contributed by atoms with van der Waals surface area (Å²) in [6.07, 6.45) is 5.07. The van der Waals surface area contributed by atoms with Crippen LogP contribution in [0.4, 0.5) is 0 Å². The highest BCUT2D eigenvalue weighted by Gasteiger charge is 2.32. The summed E-state index contributed by atoms with van der Waals surface area (Å²) >= 11 is 0. The molecule has 0 spiro atoms. The molecule has 13 heavy (non-hydrogen) atoms. The Bertz CT molecular complexity index is 336. The van der Waals surface area contributed by atoms with Crippen molar-refractivity contribution in [1.82, 2.24) is 0 Å². The Morgan fingerprint density at radius 3 is 2.92 bits per heavy atom. The maximum Gasteiger partial charge on any atom is 0.310 e. The van der Waals surface area contributed by atoms with Crippen LogP contribution in [0.1, 0.15) is 19.3 Å². The average molecular weight is 178 g/mol. The van der Waals surface area contributed by atoms with E-state index in [2.05, 4.69) is 0 Å². The van der Waals surface area contributed by atoms with Crippen molar-refractivity contribution in [2.24, 2.45) is 5.92 Å². The van der Waals surface area contributed by atoms with Gasteiger partial charge in [-0.25, -0.2) is 0 Å². The zero-order valence-electron chi connectivity index (χ0n) is 7.12. The lowest BCUT2D eigenvalue weighted by molar-refractivity contribution is -0.140. The summed E-state index contributed by atoms with van der Waals surface area (Å²) in [5, 5.41) is 8.87. The van der Waals surface area contributed by atoms with Crippen molar-refractivity contribution >= 4 is 11.8 Å². The molecule has 3 nitrogen and oxygen atoms in total. The normalized spacial score (nSPS) is 26.5. The molecule has 0 saturated heterocycles. The number of allylic oxidation sites excluding steroid dienone is 3. The second-order valence-corrected chi connectivity index (χ2v) is 3.46. The summed E-state index contributed by atoms with van der Waals surface area (Å²) in [4.78, 5) is 21.9. The van der Waals surface area contributed by atoms with Gasteiger partial charge in [0.25, 0.3) is 0 Å². The molecule has 0 amide bonds. The number of aliphatic carboxylic acids is 1. The van der Waals surface area contributed by atoms with Gasteiger partial charge in [-0.05, 0) is 30.1 Å². The van der Waals surface area contributed by atoms with Gasteiger partial charge >= 0.3 is 5.97 Å². The number of hydrogen-bond donors (Lipinski definition) is 1. The minimum atomic E-state index is -0.798. The molecular formula is C10H10O3. The average Bonchev–Trinajstić information content (AvgIpc) is 2.46. The van der Waals surface area contributed by atoms with Gasteiger partial charge in [-0.3, -0.25) is 9.59 Å². The van der Waals surface area contributed by atoms with Crippen molar-refractivity contribution in [3.8, 4) is 0 Å². The molecule has 0 aromatic rings. The molecule has 2 rings (SSSR count). The van der Waals surface area contributed by atoms with Crippen molar-refractivity contribution < 1.29 is 14.7 Å². The van der Waals surface area contributed by atoms with Gasteiger partial charge in [0.2, 0.25) is 0 Å². The predicted octanol–water partition coefficient (Wildman–Crippen LogP) is 1.31. The third-order valence-electron chi connectivity index (χ3n) is 2.67. The van der Waals surface area contributed by atoms with Gasteiger partial charge in [0.05, 0.1) is 5.92 Å². The molecule has 0 bridgehead atoms. The number of hydrogen-bond acceptors (Lipinski definition) is 2. The Balaban J connectivity index is 2.31. The van der Waals surface area contributed by atoms with E-state index in [9.17, 15) is 9.59 Å². The fourth-order valence-corrected chi connectivity index (χ4v) is 2.00. The van der Waals surface area contributed by atoms with Gasteiger partial charge < -0.3 is 5.11 Å². The summed E-state index contributed by atoms with van der Waals surface area (Å²) in [7, 11) is 0. The van der Waals surface area contributed by atoms with E-state index in [1.54, 1.807) is 12.2 Å². The van der Waals surface area contributed by atoms with Crippen molar-refractivity contribution in [2.75, 3.05) is 0 Å². The first kappa shape index (κ1) is 8.23. The van der Waals surface area contributed by atoms with Gasteiger partial charge in [0.1, 0.15) is 0 Å². The van der Waals surface area contributed by atoms with Crippen molar-refractivity contribution in [2.45, 2.75) is 19.3 Å². The number of carboxylic acid groups (broad SMARTS) is 1. The molecule has 1 atom stereocenters. The smallest absolute Gasteiger partial charge is 0.310 e. The molecule has 0 aliphatic heterocycles. The highest BCUT2D eigenvalue weighted by Crippen LogP contribution is 2.37. The van der Waals surface area contributed by atoms with Crippen LogP contribution in [-0.4, -0.2) is 16.9 Å². The van der Waals surface area contributed by atoms with Crippen LogP contribution in [0.5, 0.6) is 0 Å². The lowest BCUT2D eigenvalue weighted by atomic mass is 9.93. The first-order valence-corrected chi connectivity index (χ1v) is 4.34. The Morgan fingerprint density at radius 1 is 1.46 bits per heavy atom. The van der Waals surface area contributed by atoms with Gasteiger partial charge in [-0.1, -0.05) is 6.08 Å². The molecule has 68 valence electrons. The summed E-state index contributed by atoms with van der Waals surface area (Å²) < 4.78 is 0. The fourth-order valence-electron chi connectivity index (χ4n) is 2.00.